The molecule has 1 atom stereocenters. The Morgan fingerprint density at radius 1 is 1.08 bits per heavy atom. The number of thiophene rings is 1. The van der Waals surface area contributed by atoms with Crippen molar-refractivity contribution in [2.75, 3.05) is 13.1 Å². The van der Waals surface area contributed by atoms with Crippen LogP contribution in [0, 0.1) is 0 Å². The topological polar surface area (TPSA) is 116 Å². The molecular formula is C26H22Cl3N3O5S. The molecule has 0 fully saturated rings. The lowest BCUT2D eigenvalue weighted by Gasteiger charge is -2.31. The van der Waals surface area contributed by atoms with Crippen LogP contribution in [-0.4, -0.2) is 52.3 Å². The molecule has 0 radical (unpaired) electrons. The molecule has 1 unspecified atom stereocenters. The number of aliphatic carboxylic acids is 1. The quantitative estimate of drug-likeness (QED) is 0.360. The van der Waals surface area contributed by atoms with Gasteiger partial charge in [0.05, 0.1) is 27.0 Å². The van der Waals surface area contributed by atoms with Crippen molar-refractivity contribution in [2.24, 2.45) is 0 Å². The second-order valence-corrected chi connectivity index (χ2v) is 11.1. The van der Waals surface area contributed by atoms with E-state index in [0.29, 0.717) is 39.6 Å². The van der Waals surface area contributed by atoms with Crippen LogP contribution < -0.4 is 10.6 Å². The van der Waals surface area contributed by atoms with E-state index in [0.717, 1.165) is 0 Å². The summed E-state index contributed by atoms with van der Waals surface area (Å²) in [5.41, 5.74) is -0.124. The van der Waals surface area contributed by atoms with Crippen molar-refractivity contribution in [1.82, 2.24) is 15.5 Å². The molecule has 198 valence electrons. The van der Waals surface area contributed by atoms with Crippen LogP contribution in [0.4, 0.5) is 0 Å². The first-order chi connectivity index (χ1) is 18.0. The summed E-state index contributed by atoms with van der Waals surface area (Å²) in [5, 5.41) is 17.1. The molecule has 1 aliphatic heterocycles. The van der Waals surface area contributed by atoms with E-state index in [1.165, 1.54) is 18.3 Å². The van der Waals surface area contributed by atoms with Gasteiger partial charge in [0, 0.05) is 23.7 Å². The zero-order chi connectivity index (χ0) is 27.6. The molecule has 0 spiro atoms. The van der Waals surface area contributed by atoms with Crippen molar-refractivity contribution >= 4 is 69.8 Å². The highest BCUT2D eigenvalue weighted by atomic mass is 35.5. The molecule has 3 amide bonds. The number of fused-ring (bicyclic) bond motifs is 1. The molecule has 4 rings (SSSR count). The van der Waals surface area contributed by atoms with Gasteiger partial charge in [-0.15, -0.1) is 11.3 Å². The summed E-state index contributed by atoms with van der Waals surface area (Å²) in [6, 6.07) is 11.5. The third-order valence-electron chi connectivity index (χ3n) is 6.20. The molecule has 12 heteroatoms. The fraction of sp³-hybridized carbons (Fsp3) is 0.231. The number of benzene rings is 2. The van der Waals surface area contributed by atoms with E-state index in [2.05, 4.69) is 10.6 Å². The summed E-state index contributed by atoms with van der Waals surface area (Å²) >= 11 is 20.3. The van der Waals surface area contributed by atoms with Gasteiger partial charge in [0.25, 0.3) is 17.7 Å². The summed E-state index contributed by atoms with van der Waals surface area (Å²) < 4.78 is 0. The van der Waals surface area contributed by atoms with Crippen LogP contribution in [0.5, 0.6) is 0 Å². The minimum absolute atomic E-state index is 0.0127. The number of halogens is 3. The highest BCUT2D eigenvalue weighted by Crippen LogP contribution is 2.35. The van der Waals surface area contributed by atoms with Gasteiger partial charge in [-0.25, -0.2) is 4.79 Å². The van der Waals surface area contributed by atoms with Crippen molar-refractivity contribution in [3.63, 3.8) is 0 Å². The lowest BCUT2D eigenvalue weighted by Crippen LogP contribution is -2.58. The van der Waals surface area contributed by atoms with Crippen molar-refractivity contribution in [3.8, 4) is 0 Å². The Balaban J connectivity index is 1.52. The third-order valence-corrected chi connectivity index (χ3v) is 8.02. The Morgan fingerprint density at radius 3 is 2.50 bits per heavy atom. The van der Waals surface area contributed by atoms with E-state index in [1.807, 2.05) is 0 Å². The number of carboxylic acid groups (broad SMARTS) is 1. The van der Waals surface area contributed by atoms with Crippen molar-refractivity contribution in [1.29, 1.82) is 0 Å². The molecule has 2 aromatic carbocycles. The Bertz CT molecular complexity index is 1430. The van der Waals surface area contributed by atoms with Gasteiger partial charge in [-0.1, -0.05) is 46.9 Å². The first-order valence-corrected chi connectivity index (χ1v) is 13.4. The zero-order valence-corrected chi connectivity index (χ0v) is 23.1. The van der Waals surface area contributed by atoms with Gasteiger partial charge in [0.15, 0.2) is 5.54 Å². The number of carboxylic acids is 1. The van der Waals surface area contributed by atoms with E-state index in [9.17, 15) is 24.3 Å². The smallest absolute Gasteiger partial charge is 0.330 e. The predicted octanol–water partition coefficient (Wildman–Crippen LogP) is 4.91. The first-order valence-electron chi connectivity index (χ1n) is 11.4. The van der Waals surface area contributed by atoms with E-state index >= 15 is 0 Å². The van der Waals surface area contributed by atoms with Crippen molar-refractivity contribution < 1.29 is 24.3 Å². The van der Waals surface area contributed by atoms with E-state index in [-0.39, 0.29) is 34.6 Å². The minimum atomic E-state index is -1.84. The maximum absolute atomic E-state index is 13.2. The Hall–Kier alpha value is -3.11. The van der Waals surface area contributed by atoms with Gasteiger partial charge in [0.2, 0.25) is 0 Å². The van der Waals surface area contributed by atoms with Crippen LogP contribution in [0.15, 0.2) is 47.8 Å². The fourth-order valence-corrected chi connectivity index (χ4v) is 5.67. The lowest BCUT2D eigenvalue weighted by molar-refractivity contribution is -0.143. The zero-order valence-electron chi connectivity index (χ0n) is 20.0. The summed E-state index contributed by atoms with van der Waals surface area (Å²) in [5.74, 6) is -2.80. The average molecular weight is 595 g/mol. The fourth-order valence-electron chi connectivity index (χ4n) is 4.08. The van der Waals surface area contributed by atoms with Gasteiger partial charge >= 0.3 is 5.97 Å². The number of carbonyl (C=O) groups is 4. The third kappa shape index (κ3) is 5.81. The largest absolute Gasteiger partial charge is 0.479 e. The number of nitrogens with zero attached hydrogens (tertiary/aromatic N) is 1. The molecule has 1 aromatic heterocycles. The molecule has 0 saturated carbocycles. The molecule has 1 aliphatic rings. The maximum atomic E-state index is 13.2. The van der Waals surface area contributed by atoms with E-state index in [1.54, 1.807) is 52.7 Å². The van der Waals surface area contributed by atoms with Gasteiger partial charge in [0.1, 0.15) is 0 Å². The van der Waals surface area contributed by atoms with Gasteiger partial charge < -0.3 is 20.6 Å². The van der Waals surface area contributed by atoms with Crippen LogP contribution in [-0.2, 0) is 17.8 Å². The van der Waals surface area contributed by atoms with Gasteiger partial charge in [-0.05, 0) is 60.2 Å². The Labute approximate surface area is 237 Å². The molecule has 38 heavy (non-hydrogen) atoms. The summed E-state index contributed by atoms with van der Waals surface area (Å²) in [6.07, 6.45) is 0.366. The number of amides is 3. The summed E-state index contributed by atoms with van der Waals surface area (Å²) in [6.45, 7) is 1.49. The van der Waals surface area contributed by atoms with Crippen LogP contribution in [0.3, 0.4) is 0 Å². The van der Waals surface area contributed by atoms with Crippen LogP contribution in [0.2, 0.25) is 15.1 Å². The van der Waals surface area contributed by atoms with E-state index in [4.69, 9.17) is 34.8 Å². The maximum Gasteiger partial charge on any atom is 0.330 e. The lowest BCUT2D eigenvalue weighted by atomic mass is 9.95. The molecule has 2 heterocycles. The second kappa shape index (κ2) is 11.3. The number of nitrogens with one attached hydrogen (secondary N) is 2. The number of hydrogen-bond donors (Lipinski definition) is 3. The standard InChI is InChI=1S/C26H22Cl3N3O5S/c1-26(25(36)37,13-30-22(33)19-6-3-9-38-19)31-23(34)20-18(28)11-15-12-32(8-7-17(15)21(20)29)24(35)14-4-2-5-16(27)10-14/h2-6,9-11H,7-8,12-13H2,1H3,(H,30,33)(H,31,34)(H,36,37). The van der Waals surface area contributed by atoms with Gasteiger partial charge in [-0.3, -0.25) is 14.4 Å². The first kappa shape index (κ1) is 27.9. The number of rotatable bonds is 7. The predicted molar refractivity (Wildman–Crippen MR) is 147 cm³/mol. The van der Waals surface area contributed by atoms with Crippen molar-refractivity contribution in [2.45, 2.75) is 25.4 Å². The summed E-state index contributed by atoms with van der Waals surface area (Å²) in [7, 11) is 0. The normalized spacial score (nSPS) is 14.3. The molecule has 3 N–H and O–H groups in total. The minimum Gasteiger partial charge on any atom is -0.479 e. The molecule has 0 saturated heterocycles. The molecule has 3 aromatic rings. The monoisotopic (exact) mass is 593 g/mol. The van der Waals surface area contributed by atoms with Crippen LogP contribution in [0.1, 0.15) is 48.4 Å². The number of hydrogen-bond acceptors (Lipinski definition) is 5. The highest BCUT2D eigenvalue weighted by Gasteiger charge is 2.37. The van der Waals surface area contributed by atoms with Crippen LogP contribution in [0.25, 0.3) is 0 Å². The molecular weight excluding hydrogens is 573 g/mol. The average Bonchev–Trinajstić information content (AvgIpc) is 3.41. The molecule has 0 bridgehead atoms. The molecule has 8 nitrogen and oxygen atoms in total. The Morgan fingerprint density at radius 2 is 1.84 bits per heavy atom. The van der Waals surface area contributed by atoms with Crippen molar-refractivity contribution in [3.05, 3.63) is 90.0 Å². The number of carbonyl (C=O) groups excluding carboxylic acids is 3. The van der Waals surface area contributed by atoms with Crippen LogP contribution >= 0.6 is 46.1 Å². The summed E-state index contributed by atoms with van der Waals surface area (Å²) in [4.78, 5) is 52.6. The van der Waals surface area contributed by atoms with Gasteiger partial charge in [-0.2, -0.15) is 0 Å². The Kier molecular flexibility index (Phi) is 8.32. The highest BCUT2D eigenvalue weighted by molar-refractivity contribution is 7.12. The SMILES string of the molecule is CC(CNC(=O)c1cccs1)(NC(=O)c1c(Cl)cc2c(c1Cl)CCN(C(=O)c1cccc(Cl)c1)C2)C(=O)O. The second-order valence-electron chi connectivity index (χ2n) is 8.92. The van der Waals surface area contributed by atoms with E-state index < -0.39 is 23.3 Å². The molecule has 0 aliphatic carbocycles.